The lowest BCUT2D eigenvalue weighted by Gasteiger charge is -2.29. The Hall–Kier alpha value is -1.58. The zero-order valence-electron chi connectivity index (χ0n) is 12.6. The first-order valence-electron chi connectivity index (χ1n) is 7.32. The third kappa shape index (κ3) is 3.50. The van der Waals surface area contributed by atoms with Crippen LogP contribution in [0, 0.1) is 11.3 Å². The minimum atomic E-state index is -0.923. The standard InChI is InChI=1S/C16H24N2O2/c1-16(2,3)13-5-4-9-18(10-8-13)14-7-6-12(11-17-14)15(19)20/h6-7,11,13H,4-5,8-10H2,1-3H3,(H,19,20). The highest BCUT2D eigenvalue weighted by Gasteiger charge is 2.27. The Kier molecular flexibility index (Phi) is 4.31. The van der Waals surface area contributed by atoms with Crippen LogP contribution < -0.4 is 4.90 Å². The second kappa shape index (κ2) is 5.81. The molecule has 1 atom stereocenters. The molecular weight excluding hydrogens is 252 g/mol. The van der Waals surface area contributed by atoms with E-state index in [1.165, 1.54) is 25.5 Å². The van der Waals surface area contributed by atoms with Gasteiger partial charge in [0.25, 0.3) is 0 Å². The molecule has 0 spiro atoms. The fraction of sp³-hybridized carbons (Fsp3) is 0.625. The van der Waals surface area contributed by atoms with Gasteiger partial charge in [0.05, 0.1) is 5.56 Å². The molecule has 1 N–H and O–H groups in total. The molecule has 1 unspecified atom stereocenters. The van der Waals surface area contributed by atoms with Crippen molar-refractivity contribution in [2.45, 2.75) is 40.0 Å². The van der Waals surface area contributed by atoms with Gasteiger partial charge in [-0.1, -0.05) is 20.8 Å². The van der Waals surface area contributed by atoms with Crippen molar-refractivity contribution in [3.8, 4) is 0 Å². The highest BCUT2D eigenvalue weighted by molar-refractivity contribution is 5.87. The van der Waals surface area contributed by atoms with E-state index in [0.717, 1.165) is 24.8 Å². The molecule has 4 heteroatoms. The third-order valence-corrected chi connectivity index (χ3v) is 4.27. The summed E-state index contributed by atoms with van der Waals surface area (Å²) in [6.45, 7) is 8.95. The predicted octanol–water partition coefficient (Wildman–Crippen LogP) is 3.43. The van der Waals surface area contributed by atoms with Gasteiger partial charge in [-0.05, 0) is 42.7 Å². The van der Waals surface area contributed by atoms with Crippen molar-refractivity contribution in [1.82, 2.24) is 4.98 Å². The van der Waals surface area contributed by atoms with Gasteiger partial charge in [0.2, 0.25) is 0 Å². The number of carboxylic acids is 1. The van der Waals surface area contributed by atoms with Crippen molar-refractivity contribution in [2.75, 3.05) is 18.0 Å². The fourth-order valence-electron chi connectivity index (χ4n) is 2.89. The van der Waals surface area contributed by atoms with Crippen LogP contribution in [0.2, 0.25) is 0 Å². The molecule has 1 aromatic rings. The van der Waals surface area contributed by atoms with Crippen LogP contribution in [0.5, 0.6) is 0 Å². The van der Waals surface area contributed by atoms with E-state index in [1.807, 2.05) is 6.07 Å². The number of aromatic nitrogens is 1. The predicted molar refractivity (Wildman–Crippen MR) is 80.2 cm³/mol. The second-order valence-corrected chi connectivity index (χ2v) is 6.69. The number of anilines is 1. The van der Waals surface area contributed by atoms with Crippen molar-refractivity contribution in [3.05, 3.63) is 23.9 Å². The number of carbonyl (C=O) groups is 1. The maximum Gasteiger partial charge on any atom is 0.337 e. The van der Waals surface area contributed by atoms with Gasteiger partial charge >= 0.3 is 5.97 Å². The molecule has 0 bridgehead atoms. The summed E-state index contributed by atoms with van der Waals surface area (Å²) in [7, 11) is 0. The Labute approximate surface area is 120 Å². The zero-order valence-corrected chi connectivity index (χ0v) is 12.6. The highest BCUT2D eigenvalue weighted by atomic mass is 16.4. The molecule has 0 saturated carbocycles. The van der Waals surface area contributed by atoms with Crippen LogP contribution in [-0.4, -0.2) is 29.1 Å². The molecule has 4 nitrogen and oxygen atoms in total. The van der Waals surface area contributed by atoms with Gasteiger partial charge in [-0.3, -0.25) is 0 Å². The fourth-order valence-corrected chi connectivity index (χ4v) is 2.89. The van der Waals surface area contributed by atoms with Gasteiger partial charge in [0.15, 0.2) is 0 Å². The Bertz CT molecular complexity index is 462. The van der Waals surface area contributed by atoms with Gasteiger partial charge < -0.3 is 10.0 Å². The summed E-state index contributed by atoms with van der Waals surface area (Å²) >= 11 is 0. The lowest BCUT2D eigenvalue weighted by molar-refractivity contribution is 0.0696. The van der Waals surface area contributed by atoms with Crippen molar-refractivity contribution >= 4 is 11.8 Å². The van der Waals surface area contributed by atoms with Crippen molar-refractivity contribution in [2.24, 2.45) is 11.3 Å². The van der Waals surface area contributed by atoms with Crippen molar-refractivity contribution in [1.29, 1.82) is 0 Å². The molecule has 1 fully saturated rings. The Morgan fingerprint density at radius 3 is 2.60 bits per heavy atom. The number of carboxylic acid groups (broad SMARTS) is 1. The molecule has 0 aromatic carbocycles. The Morgan fingerprint density at radius 2 is 2.05 bits per heavy atom. The van der Waals surface area contributed by atoms with Gasteiger partial charge in [-0.2, -0.15) is 0 Å². The van der Waals surface area contributed by atoms with E-state index >= 15 is 0 Å². The van der Waals surface area contributed by atoms with Gasteiger partial charge in [-0.25, -0.2) is 9.78 Å². The molecule has 0 amide bonds. The first-order chi connectivity index (χ1) is 9.38. The average molecular weight is 276 g/mol. The first kappa shape index (κ1) is 14.8. The summed E-state index contributed by atoms with van der Waals surface area (Å²) in [4.78, 5) is 17.4. The van der Waals surface area contributed by atoms with Crippen LogP contribution >= 0.6 is 0 Å². The molecule has 110 valence electrons. The lowest BCUT2D eigenvalue weighted by Crippen LogP contribution is -2.26. The summed E-state index contributed by atoms with van der Waals surface area (Å²) < 4.78 is 0. The first-order valence-corrected chi connectivity index (χ1v) is 7.32. The summed E-state index contributed by atoms with van der Waals surface area (Å²) in [5, 5.41) is 8.90. The number of aromatic carboxylic acids is 1. The van der Waals surface area contributed by atoms with Crippen molar-refractivity contribution in [3.63, 3.8) is 0 Å². The number of pyridine rings is 1. The van der Waals surface area contributed by atoms with Crippen LogP contribution in [-0.2, 0) is 0 Å². The van der Waals surface area contributed by atoms with Crippen LogP contribution in [0.3, 0.4) is 0 Å². The lowest BCUT2D eigenvalue weighted by atomic mass is 9.77. The number of hydrogen-bond acceptors (Lipinski definition) is 3. The van der Waals surface area contributed by atoms with Crippen LogP contribution in [0.4, 0.5) is 5.82 Å². The highest BCUT2D eigenvalue weighted by Crippen LogP contribution is 2.34. The van der Waals surface area contributed by atoms with E-state index < -0.39 is 5.97 Å². The molecule has 1 aromatic heterocycles. The second-order valence-electron chi connectivity index (χ2n) is 6.69. The minimum absolute atomic E-state index is 0.246. The van der Waals surface area contributed by atoms with Crippen LogP contribution in [0.1, 0.15) is 50.4 Å². The van der Waals surface area contributed by atoms with E-state index in [4.69, 9.17) is 5.11 Å². The van der Waals surface area contributed by atoms with Gasteiger partial charge in [0.1, 0.15) is 5.82 Å². The van der Waals surface area contributed by atoms with Gasteiger partial charge in [-0.15, -0.1) is 0 Å². The van der Waals surface area contributed by atoms with Crippen molar-refractivity contribution < 1.29 is 9.90 Å². The molecule has 1 saturated heterocycles. The maximum atomic E-state index is 10.8. The zero-order chi connectivity index (χ0) is 14.8. The maximum absolute atomic E-state index is 10.8. The summed E-state index contributed by atoms with van der Waals surface area (Å²) in [5.74, 6) is 0.711. The van der Waals surface area contributed by atoms with E-state index in [2.05, 4.69) is 30.7 Å². The van der Waals surface area contributed by atoms with Crippen LogP contribution in [0.15, 0.2) is 18.3 Å². The summed E-state index contributed by atoms with van der Waals surface area (Å²) in [6.07, 6.45) is 5.05. The molecule has 1 aliphatic heterocycles. The van der Waals surface area contributed by atoms with E-state index in [9.17, 15) is 4.79 Å². The van der Waals surface area contributed by atoms with E-state index in [-0.39, 0.29) is 5.56 Å². The molecule has 20 heavy (non-hydrogen) atoms. The average Bonchev–Trinajstić information content (AvgIpc) is 2.64. The molecule has 2 rings (SSSR count). The smallest absolute Gasteiger partial charge is 0.337 e. The quantitative estimate of drug-likeness (QED) is 0.899. The number of hydrogen-bond donors (Lipinski definition) is 1. The van der Waals surface area contributed by atoms with Crippen LogP contribution in [0.25, 0.3) is 0 Å². The number of nitrogens with zero attached hydrogens (tertiary/aromatic N) is 2. The SMILES string of the molecule is CC(C)(C)C1CCCN(c2ccc(C(=O)O)cn2)CC1. The number of rotatable bonds is 2. The molecule has 2 heterocycles. The topological polar surface area (TPSA) is 53.4 Å². The Morgan fingerprint density at radius 1 is 1.30 bits per heavy atom. The largest absolute Gasteiger partial charge is 0.478 e. The van der Waals surface area contributed by atoms with Gasteiger partial charge in [0, 0.05) is 19.3 Å². The van der Waals surface area contributed by atoms with E-state index in [1.54, 1.807) is 6.07 Å². The molecule has 1 aliphatic rings. The normalized spacial score (nSPS) is 20.6. The van der Waals surface area contributed by atoms with E-state index in [0.29, 0.717) is 5.41 Å². The Balaban J connectivity index is 2.05. The third-order valence-electron chi connectivity index (χ3n) is 4.27. The molecule has 0 aliphatic carbocycles. The minimum Gasteiger partial charge on any atom is -0.478 e. The molecule has 0 radical (unpaired) electrons. The molecular formula is C16H24N2O2. The monoisotopic (exact) mass is 276 g/mol. The summed E-state index contributed by atoms with van der Waals surface area (Å²) in [6, 6.07) is 3.46. The summed E-state index contributed by atoms with van der Waals surface area (Å²) in [5.41, 5.74) is 0.604.